The first-order valence-electron chi connectivity index (χ1n) is 3.55. The summed E-state index contributed by atoms with van der Waals surface area (Å²) < 4.78 is 0.837. The smallest absolute Gasteiger partial charge is 0.164 e. The van der Waals surface area contributed by atoms with Gasteiger partial charge >= 0.3 is 0 Å². The molecule has 0 N–H and O–H groups in total. The molecule has 3 heteroatoms. The van der Waals surface area contributed by atoms with Crippen molar-refractivity contribution in [2.75, 3.05) is 0 Å². The van der Waals surface area contributed by atoms with Crippen LogP contribution in [0.4, 0.5) is 0 Å². The van der Waals surface area contributed by atoms with Crippen LogP contribution in [0.1, 0.15) is 30.1 Å². The van der Waals surface area contributed by atoms with Gasteiger partial charge in [0.2, 0.25) is 0 Å². The van der Waals surface area contributed by atoms with Gasteiger partial charge in [-0.05, 0) is 17.9 Å². The van der Waals surface area contributed by atoms with E-state index in [2.05, 4.69) is 12.6 Å². The molecule has 0 saturated carbocycles. The van der Waals surface area contributed by atoms with Gasteiger partial charge < -0.3 is 0 Å². The van der Waals surface area contributed by atoms with E-state index in [1.807, 2.05) is 18.4 Å². The molecule has 0 aliphatic heterocycles. The summed E-state index contributed by atoms with van der Waals surface area (Å²) in [5.41, 5.74) is 0.778. The summed E-state index contributed by atoms with van der Waals surface area (Å²) in [6.45, 7) is 2.00. The summed E-state index contributed by atoms with van der Waals surface area (Å²) in [4.78, 5) is 11.3. The molecule has 0 saturated heterocycles. The maximum Gasteiger partial charge on any atom is 0.164 e. The van der Waals surface area contributed by atoms with Gasteiger partial charge in [0.1, 0.15) is 0 Å². The summed E-state index contributed by atoms with van der Waals surface area (Å²) in [5, 5.41) is 1.89. The molecule has 1 heterocycles. The summed E-state index contributed by atoms with van der Waals surface area (Å²) in [6.07, 6.45) is 1.53. The predicted molar refractivity (Wildman–Crippen MR) is 50.8 cm³/mol. The lowest BCUT2D eigenvalue weighted by molar-refractivity contribution is 0.0980. The third-order valence-corrected chi connectivity index (χ3v) is 2.69. The van der Waals surface area contributed by atoms with E-state index in [0.29, 0.717) is 6.42 Å². The number of carbonyl (C=O) groups excluding carboxylic acids is 1. The molecule has 0 fully saturated rings. The van der Waals surface area contributed by atoms with E-state index in [9.17, 15) is 4.79 Å². The molecular formula is C8H10OS2. The minimum absolute atomic E-state index is 0.207. The Hall–Kier alpha value is -0.280. The average molecular weight is 186 g/mol. The zero-order valence-corrected chi connectivity index (χ0v) is 8.04. The summed E-state index contributed by atoms with van der Waals surface area (Å²) in [7, 11) is 0. The molecule has 0 aliphatic carbocycles. The lowest BCUT2D eigenvalue weighted by Crippen LogP contribution is -1.95. The van der Waals surface area contributed by atoms with Gasteiger partial charge in [-0.1, -0.05) is 6.92 Å². The SMILES string of the molecule is CCCC(=O)c1ccsc1S. The van der Waals surface area contributed by atoms with Crippen LogP contribution in [-0.4, -0.2) is 5.78 Å². The highest BCUT2D eigenvalue weighted by molar-refractivity contribution is 7.83. The van der Waals surface area contributed by atoms with E-state index in [1.165, 1.54) is 11.3 Å². The number of Topliss-reactive ketones (excluding diaryl/α,β-unsaturated/α-hetero) is 1. The molecule has 1 aromatic heterocycles. The van der Waals surface area contributed by atoms with Crippen LogP contribution in [0.2, 0.25) is 0 Å². The number of thiol groups is 1. The Morgan fingerprint density at radius 1 is 1.73 bits per heavy atom. The van der Waals surface area contributed by atoms with Crippen LogP contribution in [0.25, 0.3) is 0 Å². The Balaban J connectivity index is 2.76. The fourth-order valence-corrected chi connectivity index (χ4v) is 1.90. The first kappa shape index (κ1) is 8.81. The van der Waals surface area contributed by atoms with Gasteiger partial charge in [-0.3, -0.25) is 4.79 Å². The Bertz CT molecular complexity index is 252. The van der Waals surface area contributed by atoms with Crippen molar-refractivity contribution in [3.8, 4) is 0 Å². The Morgan fingerprint density at radius 2 is 2.45 bits per heavy atom. The highest BCUT2D eigenvalue weighted by Crippen LogP contribution is 2.22. The van der Waals surface area contributed by atoms with Gasteiger partial charge in [-0.15, -0.1) is 24.0 Å². The Labute approximate surface area is 75.8 Å². The summed E-state index contributed by atoms with van der Waals surface area (Å²) in [6, 6.07) is 1.84. The molecule has 11 heavy (non-hydrogen) atoms. The van der Waals surface area contributed by atoms with Gasteiger partial charge in [0.05, 0.1) is 4.21 Å². The van der Waals surface area contributed by atoms with E-state index >= 15 is 0 Å². The lowest BCUT2D eigenvalue weighted by atomic mass is 10.1. The average Bonchev–Trinajstić information content (AvgIpc) is 2.36. The van der Waals surface area contributed by atoms with Crippen molar-refractivity contribution in [1.29, 1.82) is 0 Å². The Kier molecular flexibility index (Phi) is 3.15. The van der Waals surface area contributed by atoms with Gasteiger partial charge in [-0.25, -0.2) is 0 Å². The number of carbonyl (C=O) groups is 1. The monoisotopic (exact) mass is 186 g/mol. The zero-order valence-electron chi connectivity index (χ0n) is 6.33. The lowest BCUT2D eigenvalue weighted by Gasteiger charge is -1.94. The third-order valence-electron chi connectivity index (χ3n) is 1.42. The normalized spacial score (nSPS) is 10.0. The van der Waals surface area contributed by atoms with E-state index < -0.39 is 0 Å². The largest absolute Gasteiger partial charge is 0.294 e. The summed E-state index contributed by atoms with van der Waals surface area (Å²) in [5.74, 6) is 0.207. The van der Waals surface area contributed by atoms with E-state index in [4.69, 9.17) is 0 Å². The fraction of sp³-hybridized carbons (Fsp3) is 0.375. The van der Waals surface area contributed by atoms with Crippen LogP contribution in [0.5, 0.6) is 0 Å². The number of ketones is 1. The van der Waals surface area contributed by atoms with Crippen LogP contribution in [0.3, 0.4) is 0 Å². The summed E-state index contributed by atoms with van der Waals surface area (Å²) >= 11 is 5.68. The molecule has 0 radical (unpaired) electrons. The van der Waals surface area contributed by atoms with Crippen LogP contribution >= 0.6 is 24.0 Å². The van der Waals surface area contributed by atoms with Crippen LogP contribution in [0.15, 0.2) is 15.7 Å². The van der Waals surface area contributed by atoms with Crippen molar-refractivity contribution in [3.63, 3.8) is 0 Å². The topological polar surface area (TPSA) is 17.1 Å². The molecule has 0 aliphatic rings. The van der Waals surface area contributed by atoms with E-state index in [-0.39, 0.29) is 5.78 Å². The molecular weight excluding hydrogens is 176 g/mol. The Morgan fingerprint density at radius 3 is 2.91 bits per heavy atom. The van der Waals surface area contributed by atoms with Gasteiger partial charge in [0.25, 0.3) is 0 Å². The molecule has 1 rings (SSSR count). The minimum atomic E-state index is 0.207. The first-order chi connectivity index (χ1) is 5.25. The predicted octanol–water partition coefficient (Wildman–Crippen LogP) is 3.02. The molecule has 0 unspecified atom stereocenters. The number of hydrogen-bond acceptors (Lipinski definition) is 3. The third kappa shape index (κ3) is 2.07. The quantitative estimate of drug-likeness (QED) is 0.567. The number of rotatable bonds is 3. The maximum atomic E-state index is 11.3. The molecule has 1 nitrogen and oxygen atoms in total. The second kappa shape index (κ2) is 3.93. The molecule has 0 atom stereocenters. The van der Waals surface area contributed by atoms with Crippen molar-refractivity contribution in [2.24, 2.45) is 0 Å². The van der Waals surface area contributed by atoms with Crippen molar-refractivity contribution in [2.45, 2.75) is 24.0 Å². The maximum absolute atomic E-state index is 11.3. The molecule has 0 spiro atoms. The molecule has 1 aromatic rings. The van der Waals surface area contributed by atoms with Crippen LogP contribution in [-0.2, 0) is 0 Å². The van der Waals surface area contributed by atoms with Gasteiger partial charge in [0.15, 0.2) is 5.78 Å². The van der Waals surface area contributed by atoms with Crippen molar-refractivity contribution in [1.82, 2.24) is 0 Å². The molecule has 0 amide bonds. The van der Waals surface area contributed by atoms with E-state index in [1.54, 1.807) is 0 Å². The van der Waals surface area contributed by atoms with Crippen molar-refractivity contribution < 1.29 is 4.79 Å². The number of hydrogen-bond donors (Lipinski definition) is 1. The number of thiophene rings is 1. The van der Waals surface area contributed by atoms with Crippen molar-refractivity contribution >= 4 is 29.7 Å². The highest BCUT2D eigenvalue weighted by Gasteiger charge is 2.08. The first-order valence-corrected chi connectivity index (χ1v) is 4.88. The standard InChI is InChI=1S/C8H10OS2/c1-2-3-7(9)6-4-5-11-8(6)10/h4-5,10H,2-3H2,1H3. The second-order valence-corrected chi connectivity index (χ2v) is 3.98. The van der Waals surface area contributed by atoms with Crippen molar-refractivity contribution in [3.05, 3.63) is 17.0 Å². The zero-order chi connectivity index (χ0) is 8.27. The van der Waals surface area contributed by atoms with Crippen LogP contribution in [0, 0.1) is 0 Å². The second-order valence-electron chi connectivity index (χ2n) is 2.31. The molecule has 0 bridgehead atoms. The van der Waals surface area contributed by atoms with Gasteiger partial charge in [0, 0.05) is 12.0 Å². The highest BCUT2D eigenvalue weighted by atomic mass is 32.2. The molecule has 0 aromatic carbocycles. The van der Waals surface area contributed by atoms with Gasteiger partial charge in [-0.2, -0.15) is 0 Å². The van der Waals surface area contributed by atoms with Crippen LogP contribution < -0.4 is 0 Å². The molecule has 60 valence electrons. The van der Waals surface area contributed by atoms with E-state index in [0.717, 1.165) is 16.2 Å². The fourth-order valence-electron chi connectivity index (χ4n) is 0.875. The minimum Gasteiger partial charge on any atom is -0.294 e.